The molecule has 2 saturated heterocycles. The highest BCUT2D eigenvalue weighted by Crippen LogP contribution is 2.28. The molecule has 4 rings (SSSR count). The van der Waals surface area contributed by atoms with Gasteiger partial charge in [-0.25, -0.2) is 0 Å². The van der Waals surface area contributed by atoms with Gasteiger partial charge in [-0.3, -0.25) is 4.79 Å². The summed E-state index contributed by atoms with van der Waals surface area (Å²) in [6, 6.07) is 13.2. The summed E-state index contributed by atoms with van der Waals surface area (Å²) in [5.41, 5.74) is 1.77. The minimum absolute atomic E-state index is 0.00673. The Morgan fingerprint density at radius 3 is 2.05 bits per heavy atom. The fraction of sp³-hybridized carbons (Fsp3) is 0.567. The summed E-state index contributed by atoms with van der Waals surface area (Å²) in [6.07, 6.45) is -8.70. The highest BCUT2D eigenvalue weighted by atomic mass is 16.7. The Balaban J connectivity index is 1.39. The van der Waals surface area contributed by atoms with Crippen molar-refractivity contribution in [1.29, 1.82) is 0 Å². The van der Waals surface area contributed by atoms with Crippen molar-refractivity contribution in [3.8, 4) is 11.5 Å². The van der Waals surface area contributed by atoms with Gasteiger partial charge in [0.25, 0.3) is 0 Å². The van der Waals surface area contributed by atoms with Gasteiger partial charge in [0.2, 0.25) is 0 Å². The molecule has 0 amide bonds. The predicted octanol–water partition coefficient (Wildman–Crippen LogP) is 0.157. The van der Waals surface area contributed by atoms with E-state index >= 15 is 0 Å². The minimum atomic E-state index is -1.64. The first-order chi connectivity index (χ1) is 20.1. The molecule has 2 fully saturated rings. The third-order valence-electron chi connectivity index (χ3n) is 7.67. The summed E-state index contributed by atoms with van der Waals surface area (Å²) in [5, 5.41) is 70.3. The maximum atomic E-state index is 13.0. The molecule has 0 spiro atoms. The van der Waals surface area contributed by atoms with Crippen molar-refractivity contribution in [2.75, 3.05) is 19.8 Å². The molecule has 0 radical (unpaired) electrons. The van der Waals surface area contributed by atoms with Gasteiger partial charge in [0.05, 0.1) is 25.9 Å². The van der Waals surface area contributed by atoms with Gasteiger partial charge >= 0.3 is 0 Å². The molecule has 2 aromatic carbocycles. The zero-order valence-corrected chi connectivity index (χ0v) is 23.1. The molecule has 0 aromatic heterocycles. The first-order valence-corrected chi connectivity index (χ1v) is 14.1. The number of ketones is 1. The van der Waals surface area contributed by atoms with Crippen LogP contribution in [0.4, 0.5) is 0 Å². The molecule has 12 nitrogen and oxygen atoms in total. The van der Waals surface area contributed by atoms with Crippen molar-refractivity contribution in [2.24, 2.45) is 5.92 Å². The quantitative estimate of drug-likeness (QED) is 0.157. The van der Waals surface area contributed by atoms with Crippen molar-refractivity contribution in [3.05, 3.63) is 59.7 Å². The van der Waals surface area contributed by atoms with Crippen LogP contribution in [0, 0.1) is 5.92 Å². The van der Waals surface area contributed by atoms with Gasteiger partial charge in [-0.2, -0.15) is 0 Å². The number of aliphatic hydroxyl groups is 5. The monoisotopic (exact) mass is 592 g/mol. The van der Waals surface area contributed by atoms with Crippen LogP contribution < -0.4 is 0 Å². The molecule has 2 aromatic rings. The second-order valence-electron chi connectivity index (χ2n) is 10.9. The summed E-state index contributed by atoms with van der Waals surface area (Å²) >= 11 is 0. The van der Waals surface area contributed by atoms with Crippen molar-refractivity contribution in [1.82, 2.24) is 0 Å². The normalized spacial score (nSPS) is 30.3. The molecular weight excluding hydrogens is 552 g/mol. The number of carbonyl (C=O) groups excluding carboxylic acids is 1. The highest BCUT2D eigenvalue weighted by molar-refractivity contribution is 5.79. The van der Waals surface area contributed by atoms with Crippen LogP contribution in [0.3, 0.4) is 0 Å². The average molecular weight is 593 g/mol. The lowest BCUT2D eigenvalue weighted by atomic mass is 9.98. The molecule has 9 atom stereocenters. The number of aliphatic hydroxyl groups excluding tert-OH is 5. The van der Waals surface area contributed by atoms with E-state index in [9.17, 15) is 40.5 Å². The van der Waals surface area contributed by atoms with E-state index in [1.54, 1.807) is 48.5 Å². The fourth-order valence-corrected chi connectivity index (χ4v) is 5.00. The Morgan fingerprint density at radius 2 is 1.45 bits per heavy atom. The number of ether oxygens (including phenoxy) is 4. The molecular formula is C30H40O12. The third kappa shape index (κ3) is 8.69. The second kappa shape index (κ2) is 15.2. The Bertz CT molecular complexity index is 1110. The van der Waals surface area contributed by atoms with Gasteiger partial charge in [-0.1, -0.05) is 24.3 Å². The first-order valence-electron chi connectivity index (χ1n) is 14.1. The van der Waals surface area contributed by atoms with E-state index in [-0.39, 0.29) is 49.9 Å². The van der Waals surface area contributed by atoms with E-state index in [0.717, 1.165) is 11.1 Å². The number of phenolic OH excluding ortho intramolecular Hbond substituents is 2. The van der Waals surface area contributed by atoms with Crippen LogP contribution in [0.1, 0.15) is 30.4 Å². The lowest BCUT2D eigenvalue weighted by Gasteiger charge is -2.41. The van der Waals surface area contributed by atoms with Crippen LogP contribution in [0.5, 0.6) is 11.5 Å². The van der Waals surface area contributed by atoms with E-state index in [2.05, 4.69) is 0 Å². The Kier molecular flexibility index (Phi) is 11.7. The summed E-state index contributed by atoms with van der Waals surface area (Å²) in [7, 11) is 0. The van der Waals surface area contributed by atoms with Gasteiger partial charge in [0, 0.05) is 18.8 Å². The maximum absolute atomic E-state index is 13.0. The Hall–Kier alpha value is -2.65. The lowest BCUT2D eigenvalue weighted by molar-refractivity contribution is -0.318. The zero-order valence-electron chi connectivity index (χ0n) is 23.1. The second-order valence-corrected chi connectivity index (χ2v) is 10.9. The number of aryl methyl sites for hydroxylation is 2. The number of hydrogen-bond donors (Lipinski definition) is 7. The van der Waals surface area contributed by atoms with E-state index in [1.165, 1.54) is 0 Å². The summed E-state index contributed by atoms with van der Waals surface area (Å²) in [4.78, 5) is 13.0. The number of hydrogen-bond acceptors (Lipinski definition) is 12. The van der Waals surface area contributed by atoms with Gasteiger partial charge in [-0.05, 0) is 54.7 Å². The summed E-state index contributed by atoms with van der Waals surface area (Å²) in [6.45, 7) is -0.509. The smallest absolute Gasteiger partial charge is 0.186 e. The van der Waals surface area contributed by atoms with Crippen LogP contribution in [0.25, 0.3) is 0 Å². The molecule has 232 valence electrons. The average Bonchev–Trinajstić information content (AvgIpc) is 3.34. The van der Waals surface area contributed by atoms with Crippen LogP contribution >= 0.6 is 0 Å². The molecule has 2 aliphatic heterocycles. The van der Waals surface area contributed by atoms with Gasteiger partial charge in [-0.15, -0.1) is 0 Å². The number of rotatable bonds is 14. The third-order valence-corrected chi connectivity index (χ3v) is 7.67. The van der Waals surface area contributed by atoms with Crippen molar-refractivity contribution in [2.45, 2.75) is 81.3 Å². The minimum Gasteiger partial charge on any atom is -0.508 e. The topological polar surface area (TPSA) is 196 Å². The van der Waals surface area contributed by atoms with Crippen molar-refractivity contribution < 1.29 is 59.5 Å². The molecule has 2 aliphatic rings. The molecule has 0 aliphatic carbocycles. The largest absolute Gasteiger partial charge is 0.508 e. The van der Waals surface area contributed by atoms with Crippen LogP contribution in [-0.2, 0) is 36.6 Å². The predicted molar refractivity (Wildman–Crippen MR) is 146 cm³/mol. The first kappa shape index (κ1) is 32.3. The summed E-state index contributed by atoms with van der Waals surface area (Å²) in [5.74, 6) is -0.360. The molecule has 2 heterocycles. The fourth-order valence-electron chi connectivity index (χ4n) is 5.00. The van der Waals surface area contributed by atoms with E-state index in [0.29, 0.717) is 19.3 Å². The van der Waals surface area contributed by atoms with Crippen LogP contribution in [0.2, 0.25) is 0 Å². The molecule has 0 bridgehead atoms. The van der Waals surface area contributed by atoms with E-state index in [1.807, 2.05) is 0 Å². The number of Topliss-reactive ketones (excluding diaryl/α,β-unsaturated/α-hetero) is 1. The van der Waals surface area contributed by atoms with Crippen LogP contribution in [0.15, 0.2) is 48.5 Å². The van der Waals surface area contributed by atoms with Gasteiger partial charge in [0.15, 0.2) is 12.6 Å². The Morgan fingerprint density at radius 1 is 0.833 bits per heavy atom. The van der Waals surface area contributed by atoms with E-state index < -0.39 is 55.1 Å². The highest BCUT2D eigenvalue weighted by Gasteiger charge is 2.46. The zero-order chi connectivity index (χ0) is 30.2. The molecule has 12 heteroatoms. The number of carbonyl (C=O) groups is 1. The van der Waals surface area contributed by atoms with Crippen molar-refractivity contribution >= 4 is 5.78 Å². The van der Waals surface area contributed by atoms with Gasteiger partial charge in [0.1, 0.15) is 47.8 Å². The van der Waals surface area contributed by atoms with Crippen LogP contribution in [-0.4, -0.2) is 111 Å². The van der Waals surface area contributed by atoms with Gasteiger partial charge < -0.3 is 54.7 Å². The number of aromatic hydroxyl groups is 2. The molecule has 9 unspecified atom stereocenters. The lowest BCUT2D eigenvalue weighted by Crippen LogP contribution is -2.60. The molecule has 0 saturated carbocycles. The molecule has 7 N–H and O–H groups in total. The summed E-state index contributed by atoms with van der Waals surface area (Å²) < 4.78 is 22.7. The van der Waals surface area contributed by atoms with E-state index in [4.69, 9.17) is 18.9 Å². The number of phenols is 2. The standard InChI is InChI=1S/C30H40O12/c31-14-19-15-39-29(25(19)35)40-16-24-26(36)27(37)28(38)30(42-24)41-23(12-6-18-3-9-21(33)10-4-18)13-22(34)11-5-17-1-7-20(32)8-2-17/h1-4,7-10,19,23-33,35-38H,5-6,11-16H2. The number of benzene rings is 2. The van der Waals surface area contributed by atoms with Crippen molar-refractivity contribution in [3.63, 3.8) is 0 Å². The molecule has 42 heavy (non-hydrogen) atoms. The maximum Gasteiger partial charge on any atom is 0.186 e. The SMILES string of the molecule is O=C(CCc1ccc(O)cc1)CC(CCc1ccc(O)cc1)OC1OC(COC2OCC(CO)C2O)C(O)C(O)C1O. The Labute approximate surface area is 243 Å².